The van der Waals surface area contributed by atoms with Crippen LogP contribution in [0.15, 0.2) is 42.7 Å². The third-order valence-electron chi connectivity index (χ3n) is 2.96. The number of nitrogens with zero attached hydrogens (tertiary/aromatic N) is 2. The molecule has 0 aliphatic carbocycles. The lowest BCUT2D eigenvalue weighted by Gasteiger charge is -2.10. The maximum absolute atomic E-state index is 11.5. The Labute approximate surface area is 112 Å². The SMILES string of the molecule is COC(=O)C(CN)Cc1cnn(-c2ccccc2)c1. The molecule has 1 atom stereocenters. The van der Waals surface area contributed by atoms with Gasteiger partial charge in [0.1, 0.15) is 0 Å². The van der Waals surface area contributed by atoms with Crippen LogP contribution in [0.5, 0.6) is 0 Å². The first kappa shape index (κ1) is 13.3. The summed E-state index contributed by atoms with van der Waals surface area (Å²) >= 11 is 0. The minimum atomic E-state index is -0.321. The average Bonchev–Trinajstić information content (AvgIpc) is 2.93. The summed E-state index contributed by atoms with van der Waals surface area (Å²) in [5, 5.41) is 4.28. The maximum Gasteiger partial charge on any atom is 0.310 e. The van der Waals surface area contributed by atoms with Gasteiger partial charge < -0.3 is 10.5 Å². The summed E-state index contributed by atoms with van der Waals surface area (Å²) in [4.78, 5) is 11.5. The zero-order valence-corrected chi connectivity index (χ0v) is 10.8. The Hall–Kier alpha value is -2.14. The van der Waals surface area contributed by atoms with E-state index in [1.165, 1.54) is 7.11 Å². The van der Waals surface area contributed by atoms with Crippen molar-refractivity contribution in [1.82, 2.24) is 9.78 Å². The molecule has 5 nitrogen and oxygen atoms in total. The minimum Gasteiger partial charge on any atom is -0.469 e. The van der Waals surface area contributed by atoms with E-state index in [-0.39, 0.29) is 18.4 Å². The van der Waals surface area contributed by atoms with Crippen LogP contribution in [0.2, 0.25) is 0 Å². The van der Waals surface area contributed by atoms with Crippen molar-refractivity contribution in [2.75, 3.05) is 13.7 Å². The normalized spacial score (nSPS) is 12.1. The van der Waals surface area contributed by atoms with E-state index in [0.717, 1.165) is 11.3 Å². The van der Waals surface area contributed by atoms with Crippen LogP contribution in [0.4, 0.5) is 0 Å². The molecule has 0 saturated carbocycles. The number of para-hydroxylation sites is 1. The topological polar surface area (TPSA) is 70.1 Å². The lowest BCUT2D eigenvalue weighted by atomic mass is 10.0. The predicted octanol–water partition coefficient (Wildman–Crippen LogP) is 1.16. The smallest absolute Gasteiger partial charge is 0.310 e. The van der Waals surface area contributed by atoms with Gasteiger partial charge in [-0.1, -0.05) is 18.2 Å². The summed E-state index contributed by atoms with van der Waals surface area (Å²) in [6.07, 6.45) is 4.19. The van der Waals surface area contributed by atoms with E-state index in [4.69, 9.17) is 10.5 Å². The van der Waals surface area contributed by atoms with Crippen LogP contribution in [0, 0.1) is 5.92 Å². The van der Waals surface area contributed by atoms with E-state index in [9.17, 15) is 4.79 Å². The fourth-order valence-electron chi connectivity index (χ4n) is 1.90. The molecule has 2 rings (SSSR count). The number of hydrogen-bond donors (Lipinski definition) is 1. The van der Waals surface area contributed by atoms with Crippen LogP contribution in [0.25, 0.3) is 5.69 Å². The van der Waals surface area contributed by atoms with Crippen LogP contribution < -0.4 is 5.73 Å². The summed E-state index contributed by atoms with van der Waals surface area (Å²) in [5.41, 5.74) is 7.53. The van der Waals surface area contributed by atoms with E-state index in [2.05, 4.69) is 5.10 Å². The first-order valence-corrected chi connectivity index (χ1v) is 6.11. The molecule has 2 N–H and O–H groups in total. The molecular formula is C14H17N3O2. The van der Waals surface area contributed by atoms with Crippen molar-refractivity contribution >= 4 is 5.97 Å². The largest absolute Gasteiger partial charge is 0.469 e. The summed E-state index contributed by atoms with van der Waals surface area (Å²) in [7, 11) is 1.37. The molecule has 0 fully saturated rings. The fraction of sp³-hybridized carbons (Fsp3) is 0.286. The molecule has 5 heteroatoms. The van der Waals surface area contributed by atoms with Crippen LogP contribution >= 0.6 is 0 Å². The van der Waals surface area contributed by atoms with E-state index < -0.39 is 0 Å². The molecule has 0 aliphatic heterocycles. The molecule has 1 aromatic heterocycles. The van der Waals surface area contributed by atoms with Gasteiger partial charge in [-0.05, 0) is 24.1 Å². The van der Waals surface area contributed by atoms with Gasteiger partial charge in [0, 0.05) is 12.7 Å². The van der Waals surface area contributed by atoms with Crippen molar-refractivity contribution in [1.29, 1.82) is 0 Å². The van der Waals surface area contributed by atoms with E-state index >= 15 is 0 Å². The highest BCUT2D eigenvalue weighted by atomic mass is 16.5. The number of esters is 1. The molecule has 0 spiro atoms. The molecule has 19 heavy (non-hydrogen) atoms. The van der Waals surface area contributed by atoms with Crippen molar-refractivity contribution in [3.63, 3.8) is 0 Å². The van der Waals surface area contributed by atoms with Crippen LogP contribution in [0.3, 0.4) is 0 Å². The Morgan fingerprint density at radius 2 is 2.16 bits per heavy atom. The van der Waals surface area contributed by atoms with Gasteiger partial charge in [0.05, 0.1) is 24.9 Å². The number of hydrogen-bond acceptors (Lipinski definition) is 4. The van der Waals surface area contributed by atoms with Gasteiger partial charge in [-0.25, -0.2) is 4.68 Å². The quantitative estimate of drug-likeness (QED) is 0.818. The van der Waals surface area contributed by atoms with Gasteiger partial charge in [0.25, 0.3) is 0 Å². The molecule has 0 saturated heterocycles. The molecule has 100 valence electrons. The van der Waals surface area contributed by atoms with Gasteiger partial charge in [0.15, 0.2) is 0 Å². The zero-order chi connectivity index (χ0) is 13.7. The second kappa shape index (κ2) is 6.15. The van der Waals surface area contributed by atoms with Crippen LogP contribution in [-0.4, -0.2) is 29.4 Å². The lowest BCUT2D eigenvalue weighted by molar-refractivity contribution is -0.145. The second-order valence-electron chi connectivity index (χ2n) is 4.29. The average molecular weight is 259 g/mol. The van der Waals surface area contributed by atoms with Gasteiger partial charge in [-0.3, -0.25) is 4.79 Å². The summed E-state index contributed by atoms with van der Waals surface area (Å²) in [6.45, 7) is 0.267. The molecule has 0 radical (unpaired) electrons. The number of benzene rings is 1. The van der Waals surface area contributed by atoms with E-state index in [1.807, 2.05) is 36.5 Å². The number of methoxy groups -OCH3 is 1. The highest BCUT2D eigenvalue weighted by molar-refractivity contribution is 5.72. The number of nitrogens with two attached hydrogens (primary N) is 1. The van der Waals surface area contributed by atoms with Gasteiger partial charge in [-0.2, -0.15) is 5.10 Å². The molecule has 1 heterocycles. The highest BCUT2D eigenvalue weighted by Gasteiger charge is 2.18. The maximum atomic E-state index is 11.5. The standard InChI is InChI=1S/C14H17N3O2/c1-19-14(18)12(8-15)7-11-9-16-17(10-11)13-5-3-2-4-6-13/h2-6,9-10,12H,7-8,15H2,1H3. The number of carbonyl (C=O) groups is 1. The third-order valence-corrected chi connectivity index (χ3v) is 2.96. The monoisotopic (exact) mass is 259 g/mol. The summed E-state index contributed by atoms with van der Waals surface area (Å²) in [6, 6.07) is 9.80. The molecular weight excluding hydrogens is 242 g/mol. The van der Waals surface area contributed by atoms with Crippen LogP contribution in [-0.2, 0) is 16.0 Å². The molecule has 0 bridgehead atoms. The van der Waals surface area contributed by atoms with Crippen molar-refractivity contribution in [3.8, 4) is 5.69 Å². The highest BCUT2D eigenvalue weighted by Crippen LogP contribution is 2.12. The predicted molar refractivity (Wildman–Crippen MR) is 71.8 cm³/mol. The van der Waals surface area contributed by atoms with Gasteiger partial charge in [-0.15, -0.1) is 0 Å². The van der Waals surface area contributed by atoms with Crippen molar-refractivity contribution < 1.29 is 9.53 Å². The Morgan fingerprint density at radius 1 is 1.42 bits per heavy atom. The Bertz CT molecular complexity index is 537. The molecule has 0 aliphatic rings. The molecule has 1 aromatic carbocycles. The number of ether oxygens (including phenoxy) is 1. The number of rotatable bonds is 5. The number of aromatic nitrogens is 2. The lowest BCUT2D eigenvalue weighted by Crippen LogP contribution is -2.26. The Morgan fingerprint density at radius 3 is 2.79 bits per heavy atom. The van der Waals surface area contributed by atoms with Gasteiger partial charge >= 0.3 is 5.97 Å². The molecule has 2 aromatic rings. The minimum absolute atomic E-state index is 0.267. The Balaban J connectivity index is 2.11. The zero-order valence-electron chi connectivity index (χ0n) is 10.8. The van der Waals surface area contributed by atoms with Crippen molar-refractivity contribution in [2.45, 2.75) is 6.42 Å². The summed E-state index contributed by atoms with van der Waals surface area (Å²) in [5.74, 6) is -0.603. The van der Waals surface area contributed by atoms with E-state index in [1.54, 1.807) is 10.9 Å². The fourth-order valence-corrected chi connectivity index (χ4v) is 1.90. The molecule has 1 unspecified atom stereocenters. The van der Waals surface area contributed by atoms with E-state index in [0.29, 0.717) is 6.42 Å². The van der Waals surface area contributed by atoms with Crippen molar-refractivity contribution in [3.05, 3.63) is 48.3 Å². The van der Waals surface area contributed by atoms with Crippen molar-refractivity contribution in [2.24, 2.45) is 11.7 Å². The number of carbonyl (C=O) groups excluding carboxylic acids is 1. The van der Waals surface area contributed by atoms with Crippen LogP contribution in [0.1, 0.15) is 5.56 Å². The Kier molecular flexibility index (Phi) is 4.30. The van der Waals surface area contributed by atoms with Gasteiger partial charge in [0.2, 0.25) is 0 Å². The first-order chi connectivity index (χ1) is 9.24. The molecule has 0 amide bonds. The second-order valence-corrected chi connectivity index (χ2v) is 4.29. The third kappa shape index (κ3) is 3.20. The summed E-state index contributed by atoms with van der Waals surface area (Å²) < 4.78 is 6.50. The first-order valence-electron chi connectivity index (χ1n) is 6.11.